The first kappa shape index (κ1) is 14.4. The van der Waals surface area contributed by atoms with Gasteiger partial charge >= 0.3 is 0 Å². The van der Waals surface area contributed by atoms with E-state index >= 15 is 0 Å². The molecule has 1 rings (SSSR count). The van der Waals surface area contributed by atoms with Crippen molar-refractivity contribution in [1.29, 1.82) is 0 Å². The molecule has 4 N–H and O–H groups in total. The van der Waals surface area contributed by atoms with Crippen molar-refractivity contribution in [3.05, 3.63) is 29.8 Å². The number of nitrogens with two attached hydrogens (primary N) is 2. The second kappa shape index (κ2) is 6.30. The Bertz CT molecular complexity index is 471. The fourth-order valence-corrected chi connectivity index (χ4v) is 2.17. The van der Waals surface area contributed by atoms with E-state index in [1.54, 1.807) is 30.5 Å². The lowest BCUT2D eigenvalue weighted by molar-refractivity contribution is -0.120. The number of hydrogen-bond acceptors (Lipinski definition) is 3. The number of amides is 2. The van der Waals surface area contributed by atoms with Gasteiger partial charge in [0.2, 0.25) is 11.8 Å². The molecule has 98 valence electrons. The van der Waals surface area contributed by atoms with Gasteiger partial charge in [0.05, 0.1) is 5.92 Å². The average Bonchev–Trinajstić information content (AvgIpc) is 2.29. The number of primary amides is 2. The van der Waals surface area contributed by atoms with Crippen LogP contribution in [0.4, 0.5) is 0 Å². The molecule has 0 aliphatic carbocycles. The zero-order valence-electron chi connectivity index (χ0n) is 10.1. The van der Waals surface area contributed by atoms with Crippen LogP contribution in [-0.4, -0.2) is 22.3 Å². The molecule has 18 heavy (non-hydrogen) atoms. The molecule has 0 radical (unpaired) electrons. The first-order valence-corrected chi connectivity index (χ1v) is 6.98. The third-order valence-electron chi connectivity index (χ3n) is 2.64. The number of carbonyl (C=O) groups is 2. The quantitative estimate of drug-likeness (QED) is 0.773. The summed E-state index contributed by atoms with van der Waals surface area (Å²) in [4.78, 5) is 22.8. The topological polar surface area (TPSA) is 103 Å². The van der Waals surface area contributed by atoms with Gasteiger partial charge in [0.1, 0.15) is 0 Å². The van der Waals surface area contributed by atoms with Crippen molar-refractivity contribution in [3.63, 3.8) is 0 Å². The molecule has 0 bridgehead atoms. The van der Waals surface area contributed by atoms with Crippen molar-refractivity contribution in [2.24, 2.45) is 11.5 Å². The highest BCUT2D eigenvalue weighted by Crippen LogP contribution is 2.22. The molecule has 2 unspecified atom stereocenters. The standard InChI is InChI=1S/C12H16N2O3S/c1-18(17)9-4-2-8(3-5-9)10(12(14)16)6-7-11(13)15/h2-5,10H,6-7H2,1H3,(H2,13,15)(H2,14,16). The van der Waals surface area contributed by atoms with Crippen LogP contribution in [0.3, 0.4) is 0 Å². The van der Waals surface area contributed by atoms with Gasteiger partial charge in [-0.25, -0.2) is 0 Å². The molecule has 0 spiro atoms. The molecule has 0 aromatic heterocycles. The summed E-state index contributed by atoms with van der Waals surface area (Å²) in [6.45, 7) is 0. The van der Waals surface area contributed by atoms with Gasteiger partial charge in [-0.1, -0.05) is 12.1 Å². The maximum atomic E-state index is 11.3. The Morgan fingerprint density at radius 2 is 1.78 bits per heavy atom. The van der Waals surface area contributed by atoms with Gasteiger partial charge in [0.25, 0.3) is 0 Å². The van der Waals surface area contributed by atoms with Gasteiger partial charge in [-0.2, -0.15) is 0 Å². The summed E-state index contributed by atoms with van der Waals surface area (Å²) in [5, 5.41) is 0. The van der Waals surface area contributed by atoms with Gasteiger partial charge < -0.3 is 11.5 Å². The predicted molar refractivity (Wildman–Crippen MR) is 69.1 cm³/mol. The van der Waals surface area contributed by atoms with Gasteiger partial charge in [0.15, 0.2) is 0 Å². The molecule has 1 aromatic rings. The maximum absolute atomic E-state index is 11.3. The molecule has 2 amide bonds. The van der Waals surface area contributed by atoms with Crippen LogP contribution >= 0.6 is 0 Å². The molecule has 2 atom stereocenters. The average molecular weight is 268 g/mol. The second-order valence-electron chi connectivity index (χ2n) is 3.98. The summed E-state index contributed by atoms with van der Waals surface area (Å²) in [5.74, 6) is -1.51. The molecular formula is C12H16N2O3S. The smallest absolute Gasteiger partial charge is 0.224 e. The first-order valence-electron chi connectivity index (χ1n) is 5.43. The largest absolute Gasteiger partial charge is 0.370 e. The lowest BCUT2D eigenvalue weighted by Gasteiger charge is -2.13. The zero-order valence-corrected chi connectivity index (χ0v) is 10.9. The maximum Gasteiger partial charge on any atom is 0.224 e. The molecule has 0 aliphatic rings. The van der Waals surface area contributed by atoms with E-state index in [2.05, 4.69) is 0 Å². The molecule has 0 saturated carbocycles. The Labute approximate surface area is 108 Å². The van der Waals surface area contributed by atoms with Crippen molar-refractivity contribution in [2.75, 3.05) is 6.26 Å². The van der Waals surface area contributed by atoms with Crippen LogP contribution in [0, 0.1) is 0 Å². The fourth-order valence-electron chi connectivity index (χ4n) is 1.65. The Hall–Kier alpha value is -1.69. The van der Waals surface area contributed by atoms with Crippen molar-refractivity contribution < 1.29 is 13.8 Å². The number of benzene rings is 1. The molecule has 1 aromatic carbocycles. The summed E-state index contributed by atoms with van der Waals surface area (Å²) >= 11 is 0. The monoisotopic (exact) mass is 268 g/mol. The summed E-state index contributed by atoms with van der Waals surface area (Å²) in [6, 6.07) is 6.78. The highest BCUT2D eigenvalue weighted by Gasteiger charge is 2.18. The number of rotatable bonds is 6. The highest BCUT2D eigenvalue weighted by atomic mass is 32.2. The minimum absolute atomic E-state index is 0.106. The van der Waals surface area contributed by atoms with E-state index in [1.165, 1.54) is 0 Å². The summed E-state index contributed by atoms with van der Waals surface area (Å²) < 4.78 is 11.2. The Morgan fingerprint density at radius 1 is 1.22 bits per heavy atom. The zero-order chi connectivity index (χ0) is 13.7. The van der Waals surface area contributed by atoms with Crippen LogP contribution < -0.4 is 11.5 Å². The first-order chi connectivity index (χ1) is 8.41. The van der Waals surface area contributed by atoms with E-state index in [0.29, 0.717) is 16.9 Å². The van der Waals surface area contributed by atoms with Crippen molar-refractivity contribution in [1.82, 2.24) is 0 Å². The summed E-state index contributed by atoms with van der Waals surface area (Å²) in [5.41, 5.74) is 11.1. The predicted octanol–water partition coefficient (Wildman–Crippen LogP) is 0.258. The fraction of sp³-hybridized carbons (Fsp3) is 0.333. The van der Waals surface area contributed by atoms with Gasteiger partial charge in [0, 0.05) is 28.4 Å². The lowest BCUT2D eigenvalue weighted by atomic mass is 9.93. The van der Waals surface area contributed by atoms with Gasteiger partial charge in [-0.15, -0.1) is 0 Å². The van der Waals surface area contributed by atoms with E-state index in [1.807, 2.05) is 0 Å². The Kier molecular flexibility index (Phi) is 5.03. The van der Waals surface area contributed by atoms with Crippen LogP contribution in [0.15, 0.2) is 29.2 Å². The molecule has 0 aliphatic heterocycles. The SMILES string of the molecule is CS(=O)c1ccc(C(CCC(N)=O)C(N)=O)cc1. The van der Waals surface area contributed by atoms with Crippen molar-refractivity contribution >= 4 is 22.6 Å². The molecule has 0 fully saturated rings. The van der Waals surface area contributed by atoms with Gasteiger partial charge in [-0.05, 0) is 24.1 Å². The molecule has 6 heteroatoms. The number of hydrogen-bond donors (Lipinski definition) is 2. The van der Waals surface area contributed by atoms with Crippen LogP contribution in [0.25, 0.3) is 0 Å². The molecule has 5 nitrogen and oxygen atoms in total. The normalized spacial score (nSPS) is 13.8. The molecule has 0 saturated heterocycles. The van der Waals surface area contributed by atoms with E-state index in [4.69, 9.17) is 11.5 Å². The van der Waals surface area contributed by atoms with Gasteiger partial charge in [-0.3, -0.25) is 13.8 Å². The van der Waals surface area contributed by atoms with E-state index in [9.17, 15) is 13.8 Å². The third-order valence-corrected chi connectivity index (χ3v) is 3.57. The Balaban J connectivity index is 2.89. The minimum atomic E-state index is -1.06. The highest BCUT2D eigenvalue weighted by molar-refractivity contribution is 7.84. The van der Waals surface area contributed by atoms with Crippen LogP contribution in [0.1, 0.15) is 24.3 Å². The molecular weight excluding hydrogens is 252 g/mol. The van der Waals surface area contributed by atoms with E-state index in [0.717, 1.165) is 0 Å². The third kappa shape index (κ3) is 3.96. The van der Waals surface area contributed by atoms with Crippen molar-refractivity contribution in [3.8, 4) is 0 Å². The van der Waals surface area contributed by atoms with E-state index < -0.39 is 28.5 Å². The summed E-state index contributed by atoms with van der Waals surface area (Å²) in [6.07, 6.45) is 1.97. The minimum Gasteiger partial charge on any atom is -0.370 e. The van der Waals surface area contributed by atoms with Crippen LogP contribution in [0.2, 0.25) is 0 Å². The number of carbonyl (C=O) groups excluding carboxylic acids is 2. The molecule has 0 heterocycles. The lowest BCUT2D eigenvalue weighted by Crippen LogP contribution is -2.23. The van der Waals surface area contributed by atoms with Crippen molar-refractivity contribution in [2.45, 2.75) is 23.7 Å². The van der Waals surface area contributed by atoms with Crippen LogP contribution in [-0.2, 0) is 20.4 Å². The second-order valence-corrected chi connectivity index (χ2v) is 5.36. The van der Waals surface area contributed by atoms with E-state index in [-0.39, 0.29) is 6.42 Å². The van der Waals surface area contributed by atoms with Crippen LogP contribution in [0.5, 0.6) is 0 Å². The Morgan fingerprint density at radius 3 is 2.17 bits per heavy atom. The summed E-state index contributed by atoms with van der Waals surface area (Å²) in [7, 11) is -1.06.